The Hall–Kier alpha value is -2.04. The van der Waals surface area contributed by atoms with Gasteiger partial charge in [-0.3, -0.25) is 4.68 Å². The maximum absolute atomic E-state index is 5.48. The SMILES string of the molecule is CCOc1cccnc1NCc1ccn(C)n1. The van der Waals surface area contributed by atoms with Crippen LogP contribution in [-0.4, -0.2) is 21.4 Å². The van der Waals surface area contributed by atoms with Gasteiger partial charge in [-0.25, -0.2) is 4.98 Å². The number of pyridine rings is 1. The van der Waals surface area contributed by atoms with E-state index >= 15 is 0 Å². The van der Waals surface area contributed by atoms with Crippen molar-refractivity contribution in [1.29, 1.82) is 0 Å². The molecule has 0 aliphatic carbocycles. The predicted octanol–water partition coefficient (Wildman–Crippen LogP) is 1.83. The lowest BCUT2D eigenvalue weighted by Crippen LogP contribution is -2.05. The Labute approximate surface area is 100 Å². The lowest BCUT2D eigenvalue weighted by atomic mass is 10.4. The Balaban J connectivity index is 2.03. The van der Waals surface area contributed by atoms with Crippen LogP contribution < -0.4 is 10.1 Å². The molecule has 0 saturated heterocycles. The summed E-state index contributed by atoms with van der Waals surface area (Å²) in [5.74, 6) is 1.52. The summed E-state index contributed by atoms with van der Waals surface area (Å²) in [7, 11) is 1.90. The van der Waals surface area contributed by atoms with E-state index in [1.807, 2.05) is 38.4 Å². The van der Waals surface area contributed by atoms with Crippen LogP contribution in [0.1, 0.15) is 12.6 Å². The normalized spacial score (nSPS) is 10.2. The first-order valence-corrected chi connectivity index (χ1v) is 5.60. The molecule has 2 aromatic heterocycles. The second-order valence-electron chi connectivity index (χ2n) is 3.62. The summed E-state index contributed by atoms with van der Waals surface area (Å²) in [6.07, 6.45) is 3.65. The van der Waals surface area contributed by atoms with Gasteiger partial charge in [0.1, 0.15) is 0 Å². The number of aryl methyl sites for hydroxylation is 1. The predicted molar refractivity (Wildman–Crippen MR) is 65.9 cm³/mol. The van der Waals surface area contributed by atoms with E-state index < -0.39 is 0 Å². The zero-order valence-corrected chi connectivity index (χ0v) is 10.1. The van der Waals surface area contributed by atoms with Crippen LogP contribution in [0.25, 0.3) is 0 Å². The molecule has 5 heteroatoms. The van der Waals surface area contributed by atoms with Crippen molar-refractivity contribution in [3.8, 4) is 5.75 Å². The maximum Gasteiger partial charge on any atom is 0.169 e. The highest BCUT2D eigenvalue weighted by molar-refractivity contribution is 5.49. The number of ether oxygens (including phenoxy) is 1. The number of nitrogens with zero attached hydrogens (tertiary/aromatic N) is 3. The van der Waals surface area contributed by atoms with Crippen molar-refractivity contribution in [2.24, 2.45) is 7.05 Å². The topological polar surface area (TPSA) is 52.0 Å². The van der Waals surface area contributed by atoms with Gasteiger partial charge in [-0.1, -0.05) is 0 Å². The van der Waals surface area contributed by atoms with Gasteiger partial charge in [0.05, 0.1) is 18.8 Å². The fourth-order valence-corrected chi connectivity index (χ4v) is 1.53. The van der Waals surface area contributed by atoms with Gasteiger partial charge in [-0.15, -0.1) is 0 Å². The van der Waals surface area contributed by atoms with Crippen LogP contribution in [0.4, 0.5) is 5.82 Å². The van der Waals surface area contributed by atoms with Crippen LogP contribution in [0, 0.1) is 0 Å². The highest BCUT2D eigenvalue weighted by Crippen LogP contribution is 2.20. The Morgan fingerprint density at radius 1 is 1.41 bits per heavy atom. The van der Waals surface area contributed by atoms with Gasteiger partial charge < -0.3 is 10.1 Å². The molecular weight excluding hydrogens is 216 g/mol. The summed E-state index contributed by atoms with van der Waals surface area (Å²) >= 11 is 0. The van der Waals surface area contributed by atoms with Gasteiger partial charge >= 0.3 is 0 Å². The van der Waals surface area contributed by atoms with E-state index in [9.17, 15) is 0 Å². The molecule has 2 rings (SSSR count). The molecule has 90 valence electrons. The van der Waals surface area contributed by atoms with Crippen molar-refractivity contribution in [2.75, 3.05) is 11.9 Å². The summed E-state index contributed by atoms with van der Waals surface area (Å²) in [5, 5.41) is 7.50. The van der Waals surface area contributed by atoms with E-state index in [0.717, 1.165) is 17.3 Å². The first-order chi connectivity index (χ1) is 8.29. The Kier molecular flexibility index (Phi) is 3.59. The molecule has 0 radical (unpaired) electrons. The van der Waals surface area contributed by atoms with Crippen LogP contribution in [0.15, 0.2) is 30.6 Å². The lowest BCUT2D eigenvalue weighted by molar-refractivity contribution is 0.340. The van der Waals surface area contributed by atoms with Crippen molar-refractivity contribution >= 4 is 5.82 Å². The maximum atomic E-state index is 5.48. The molecule has 0 bridgehead atoms. The quantitative estimate of drug-likeness (QED) is 0.854. The molecule has 2 heterocycles. The van der Waals surface area contributed by atoms with Gasteiger partial charge in [0.2, 0.25) is 0 Å². The third-order valence-corrected chi connectivity index (χ3v) is 2.28. The number of aromatic nitrogens is 3. The molecule has 0 saturated carbocycles. The van der Waals surface area contributed by atoms with Gasteiger partial charge in [-0.2, -0.15) is 5.10 Å². The molecule has 0 aliphatic heterocycles. The number of hydrogen-bond donors (Lipinski definition) is 1. The van der Waals surface area contributed by atoms with Crippen molar-refractivity contribution in [2.45, 2.75) is 13.5 Å². The Bertz CT molecular complexity index is 481. The molecule has 0 aliphatic rings. The van der Waals surface area contributed by atoms with E-state index in [1.54, 1.807) is 10.9 Å². The minimum absolute atomic E-state index is 0.629. The number of hydrogen-bond acceptors (Lipinski definition) is 4. The second kappa shape index (κ2) is 5.34. The van der Waals surface area contributed by atoms with E-state index in [-0.39, 0.29) is 0 Å². The highest BCUT2D eigenvalue weighted by Gasteiger charge is 2.04. The first kappa shape index (κ1) is 11.4. The molecule has 0 unspecified atom stereocenters. The first-order valence-electron chi connectivity index (χ1n) is 5.60. The molecule has 0 amide bonds. The molecule has 0 spiro atoms. The minimum Gasteiger partial charge on any atom is -0.490 e. The van der Waals surface area contributed by atoms with E-state index in [2.05, 4.69) is 15.4 Å². The van der Waals surface area contributed by atoms with Crippen molar-refractivity contribution < 1.29 is 4.74 Å². The average Bonchev–Trinajstić information content (AvgIpc) is 2.74. The smallest absolute Gasteiger partial charge is 0.169 e. The standard InChI is InChI=1S/C12H16N4O/c1-3-17-11-5-4-7-13-12(11)14-9-10-6-8-16(2)15-10/h4-8H,3,9H2,1-2H3,(H,13,14). The van der Waals surface area contributed by atoms with Crippen LogP contribution in [-0.2, 0) is 13.6 Å². The van der Waals surface area contributed by atoms with Crippen molar-refractivity contribution in [1.82, 2.24) is 14.8 Å². The van der Waals surface area contributed by atoms with Crippen LogP contribution in [0.2, 0.25) is 0 Å². The summed E-state index contributed by atoms with van der Waals surface area (Å²) in [5.41, 5.74) is 0.973. The lowest BCUT2D eigenvalue weighted by Gasteiger charge is -2.09. The van der Waals surface area contributed by atoms with Crippen molar-refractivity contribution in [3.63, 3.8) is 0 Å². The van der Waals surface area contributed by atoms with Gasteiger partial charge in [0.15, 0.2) is 11.6 Å². The van der Waals surface area contributed by atoms with Crippen LogP contribution in [0.5, 0.6) is 5.75 Å². The summed E-state index contributed by atoms with van der Waals surface area (Å²) in [6, 6.07) is 5.73. The van der Waals surface area contributed by atoms with Crippen LogP contribution >= 0.6 is 0 Å². The fraction of sp³-hybridized carbons (Fsp3) is 0.333. The Morgan fingerprint density at radius 2 is 2.29 bits per heavy atom. The van der Waals surface area contributed by atoms with Crippen molar-refractivity contribution in [3.05, 3.63) is 36.3 Å². The molecule has 0 atom stereocenters. The molecule has 0 fully saturated rings. The van der Waals surface area contributed by atoms with Gasteiger partial charge in [0.25, 0.3) is 0 Å². The summed E-state index contributed by atoms with van der Waals surface area (Å²) in [4.78, 5) is 4.25. The summed E-state index contributed by atoms with van der Waals surface area (Å²) in [6.45, 7) is 3.22. The molecule has 2 aromatic rings. The Morgan fingerprint density at radius 3 is 3.00 bits per heavy atom. The fourth-order valence-electron chi connectivity index (χ4n) is 1.53. The minimum atomic E-state index is 0.629. The number of anilines is 1. The van der Waals surface area contributed by atoms with E-state index in [0.29, 0.717) is 13.2 Å². The zero-order valence-electron chi connectivity index (χ0n) is 10.1. The van der Waals surface area contributed by atoms with Gasteiger partial charge in [-0.05, 0) is 25.1 Å². The third-order valence-electron chi connectivity index (χ3n) is 2.28. The van der Waals surface area contributed by atoms with E-state index in [1.165, 1.54) is 0 Å². The number of nitrogens with one attached hydrogen (secondary N) is 1. The molecule has 0 aromatic carbocycles. The molecule has 17 heavy (non-hydrogen) atoms. The largest absolute Gasteiger partial charge is 0.490 e. The summed E-state index contributed by atoms with van der Waals surface area (Å²) < 4.78 is 7.26. The average molecular weight is 232 g/mol. The monoisotopic (exact) mass is 232 g/mol. The third kappa shape index (κ3) is 2.96. The number of rotatable bonds is 5. The van der Waals surface area contributed by atoms with Crippen LogP contribution in [0.3, 0.4) is 0 Å². The van der Waals surface area contributed by atoms with E-state index in [4.69, 9.17) is 4.74 Å². The molecular formula is C12H16N4O. The van der Waals surface area contributed by atoms with Gasteiger partial charge in [0, 0.05) is 19.4 Å². The highest BCUT2D eigenvalue weighted by atomic mass is 16.5. The second-order valence-corrected chi connectivity index (χ2v) is 3.62. The molecule has 5 nitrogen and oxygen atoms in total. The zero-order chi connectivity index (χ0) is 12.1. The molecule has 1 N–H and O–H groups in total.